The van der Waals surface area contributed by atoms with Gasteiger partial charge < -0.3 is 11.1 Å². The number of fused-ring (bicyclic) bond motifs is 1. The molecule has 0 saturated heterocycles. The molecule has 1 aromatic carbocycles. The molecule has 100 valence electrons. The van der Waals surface area contributed by atoms with Crippen molar-refractivity contribution in [2.45, 2.75) is 6.54 Å². The van der Waals surface area contributed by atoms with E-state index in [9.17, 15) is 4.79 Å². The van der Waals surface area contributed by atoms with Crippen LogP contribution in [0, 0.1) is 0 Å². The summed E-state index contributed by atoms with van der Waals surface area (Å²) in [6.45, 7) is 0.112. The van der Waals surface area contributed by atoms with Crippen LogP contribution in [0.15, 0.2) is 48.8 Å². The molecular weight excluding hydrogens is 254 g/mol. The Labute approximate surface area is 115 Å². The molecule has 0 radical (unpaired) electrons. The summed E-state index contributed by atoms with van der Waals surface area (Å²) in [5.74, 6) is 0.218. The van der Waals surface area contributed by atoms with Gasteiger partial charge in [0.1, 0.15) is 12.4 Å². The predicted octanol–water partition coefficient (Wildman–Crippen LogP) is 1.65. The van der Waals surface area contributed by atoms with Crippen molar-refractivity contribution in [2.75, 3.05) is 11.1 Å². The van der Waals surface area contributed by atoms with Crippen LogP contribution in [0.3, 0.4) is 0 Å². The average Bonchev–Trinajstić information content (AvgIpc) is 2.84. The van der Waals surface area contributed by atoms with E-state index >= 15 is 0 Å². The van der Waals surface area contributed by atoms with Crippen molar-refractivity contribution in [3.05, 3.63) is 48.8 Å². The fourth-order valence-electron chi connectivity index (χ4n) is 2.01. The Morgan fingerprint density at radius 1 is 1.25 bits per heavy atom. The van der Waals surface area contributed by atoms with E-state index in [4.69, 9.17) is 5.73 Å². The van der Waals surface area contributed by atoms with Gasteiger partial charge in [-0.25, -0.2) is 0 Å². The van der Waals surface area contributed by atoms with E-state index in [1.807, 2.05) is 30.3 Å². The highest BCUT2D eigenvalue weighted by atomic mass is 16.2. The van der Waals surface area contributed by atoms with Crippen LogP contribution in [0.25, 0.3) is 10.9 Å². The van der Waals surface area contributed by atoms with E-state index in [0.29, 0.717) is 11.5 Å². The number of para-hydroxylation sites is 1. The van der Waals surface area contributed by atoms with Crippen LogP contribution in [0.2, 0.25) is 0 Å². The highest BCUT2D eigenvalue weighted by Crippen LogP contribution is 2.20. The number of anilines is 2. The summed E-state index contributed by atoms with van der Waals surface area (Å²) in [5.41, 5.74) is 6.96. The number of carbonyl (C=O) groups excluding carboxylic acids is 1. The van der Waals surface area contributed by atoms with Crippen LogP contribution in [0.4, 0.5) is 11.5 Å². The SMILES string of the molecule is Nc1ccn(CC(=O)Nc2cccc3cccnc23)n1. The molecule has 3 N–H and O–H groups in total. The summed E-state index contributed by atoms with van der Waals surface area (Å²) in [7, 11) is 0. The summed E-state index contributed by atoms with van der Waals surface area (Å²) in [6.07, 6.45) is 3.36. The topological polar surface area (TPSA) is 85.8 Å². The molecule has 0 fully saturated rings. The van der Waals surface area contributed by atoms with Crippen LogP contribution in [0.5, 0.6) is 0 Å². The van der Waals surface area contributed by atoms with Gasteiger partial charge in [0.15, 0.2) is 0 Å². The monoisotopic (exact) mass is 267 g/mol. The lowest BCUT2D eigenvalue weighted by molar-refractivity contribution is -0.116. The van der Waals surface area contributed by atoms with Crippen LogP contribution in [-0.4, -0.2) is 20.7 Å². The van der Waals surface area contributed by atoms with Crippen LogP contribution in [-0.2, 0) is 11.3 Å². The third-order valence-corrected chi connectivity index (χ3v) is 2.87. The van der Waals surface area contributed by atoms with Crippen molar-refractivity contribution in [1.29, 1.82) is 0 Å². The zero-order chi connectivity index (χ0) is 13.9. The first kappa shape index (κ1) is 12.2. The Bertz CT molecular complexity index is 760. The molecule has 0 aliphatic carbocycles. The van der Waals surface area contributed by atoms with Crippen molar-refractivity contribution in [3.8, 4) is 0 Å². The fourth-order valence-corrected chi connectivity index (χ4v) is 2.01. The lowest BCUT2D eigenvalue weighted by Crippen LogP contribution is -2.19. The predicted molar refractivity (Wildman–Crippen MR) is 77.0 cm³/mol. The van der Waals surface area contributed by atoms with Crippen molar-refractivity contribution < 1.29 is 4.79 Å². The number of hydrogen-bond acceptors (Lipinski definition) is 4. The van der Waals surface area contributed by atoms with E-state index in [1.54, 1.807) is 18.5 Å². The van der Waals surface area contributed by atoms with E-state index in [-0.39, 0.29) is 12.5 Å². The minimum Gasteiger partial charge on any atom is -0.382 e. The normalized spacial score (nSPS) is 10.6. The maximum Gasteiger partial charge on any atom is 0.246 e. The van der Waals surface area contributed by atoms with Gasteiger partial charge in [-0.1, -0.05) is 18.2 Å². The molecule has 6 nitrogen and oxygen atoms in total. The number of nitrogen functional groups attached to an aromatic ring is 1. The van der Waals surface area contributed by atoms with E-state index in [2.05, 4.69) is 15.4 Å². The van der Waals surface area contributed by atoms with E-state index in [1.165, 1.54) is 4.68 Å². The average molecular weight is 267 g/mol. The first-order valence-electron chi connectivity index (χ1n) is 6.15. The molecule has 0 aliphatic heterocycles. The quantitative estimate of drug-likeness (QED) is 0.755. The van der Waals surface area contributed by atoms with Gasteiger partial charge in [-0.15, -0.1) is 0 Å². The number of benzene rings is 1. The molecule has 3 aromatic rings. The molecule has 3 rings (SSSR count). The van der Waals surface area contributed by atoms with Gasteiger partial charge in [-0.2, -0.15) is 5.10 Å². The Balaban J connectivity index is 1.81. The van der Waals surface area contributed by atoms with Gasteiger partial charge in [0.2, 0.25) is 5.91 Å². The van der Waals surface area contributed by atoms with Gasteiger partial charge in [-0.3, -0.25) is 14.5 Å². The maximum absolute atomic E-state index is 12.0. The molecule has 0 saturated carbocycles. The van der Waals surface area contributed by atoms with Crippen LogP contribution >= 0.6 is 0 Å². The minimum absolute atomic E-state index is 0.112. The molecule has 2 aromatic heterocycles. The lowest BCUT2D eigenvalue weighted by Gasteiger charge is -2.07. The van der Waals surface area contributed by atoms with Crippen molar-refractivity contribution >= 4 is 28.3 Å². The number of nitrogens with two attached hydrogens (primary N) is 1. The smallest absolute Gasteiger partial charge is 0.246 e. The molecule has 0 bridgehead atoms. The van der Waals surface area contributed by atoms with Gasteiger partial charge in [0, 0.05) is 17.8 Å². The number of amides is 1. The number of nitrogens with one attached hydrogen (secondary N) is 1. The number of carbonyl (C=O) groups is 1. The summed E-state index contributed by atoms with van der Waals surface area (Å²) >= 11 is 0. The van der Waals surface area contributed by atoms with Crippen LogP contribution < -0.4 is 11.1 Å². The first-order chi connectivity index (χ1) is 9.72. The molecule has 1 amide bonds. The van der Waals surface area contributed by atoms with Crippen LogP contribution in [0.1, 0.15) is 0 Å². The molecule has 0 atom stereocenters. The number of rotatable bonds is 3. The molecule has 6 heteroatoms. The van der Waals surface area contributed by atoms with Gasteiger partial charge in [0.05, 0.1) is 11.2 Å². The zero-order valence-corrected chi connectivity index (χ0v) is 10.7. The summed E-state index contributed by atoms with van der Waals surface area (Å²) in [4.78, 5) is 16.3. The first-order valence-corrected chi connectivity index (χ1v) is 6.15. The second kappa shape index (κ2) is 5.00. The molecular formula is C14H13N5O. The minimum atomic E-state index is -0.175. The summed E-state index contributed by atoms with van der Waals surface area (Å²) in [5, 5.41) is 7.79. The largest absolute Gasteiger partial charge is 0.382 e. The molecule has 20 heavy (non-hydrogen) atoms. The number of pyridine rings is 1. The Morgan fingerprint density at radius 3 is 2.90 bits per heavy atom. The van der Waals surface area contributed by atoms with Crippen molar-refractivity contribution in [3.63, 3.8) is 0 Å². The maximum atomic E-state index is 12.0. The fraction of sp³-hybridized carbons (Fsp3) is 0.0714. The highest BCUT2D eigenvalue weighted by Gasteiger charge is 2.07. The Kier molecular flexibility index (Phi) is 3.04. The highest BCUT2D eigenvalue weighted by molar-refractivity contribution is 6.00. The third kappa shape index (κ3) is 2.44. The van der Waals surface area contributed by atoms with E-state index < -0.39 is 0 Å². The zero-order valence-electron chi connectivity index (χ0n) is 10.7. The summed E-state index contributed by atoms with van der Waals surface area (Å²) in [6, 6.07) is 11.1. The second-order valence-corrected chi connectivity index (χ2v) is 4.37. The van der Waals surface area contributed by atoms with Crippen molar-refractivity contribution in [2.24, 2.45) is 0 Å². The lowest BCUT2D eigenvalue weighted by atomic mass is 10.2. The Morgan fingerprint density at radius 2 is 2.10 bits per heavy atom. The molecule has 0 unspecified atom stereocenters. The van der Waals surface area contributed by atoms with E-state index in [0.717, 1.165) is 10.9 Å². The standard InChI is InChI=1S/C14H13N5O/c15-12-6-8-19(18-12)9-13(20)17-11-5-1-3-10-4-2-7-16-14(10)11/h1-8H,9H2,(H2,15,18)(H,17,20). The number of aromatic nitrogens is 3. The third-order valence-electron chi connectivity index (χ3n) is 2.87. The van der Waals surface area contributed by atoms with Gasteiger partial charge >= 0.3 is 0 Å². The summed E-state index contributed by atoms with van der Waals surface area (Å²) < 4.78 is 1.49. The van der Waals surface area contributed by atoms with Crippen molar-refractivity contribution in [1.82, 2.24) is 14.8 Å². The molecule has 0 aliphatic rings. The Hall–Kier alpha value is -2.89. The van der Waals surface area contributed by atoms with Gasteiger partial charge in [0.25, 0.3) is 0 Å². The molecule has 0 spiro atoms. The number of nitrogens with zero attached hydrogens (tertiary/aromatic N) is 3. The molecule has 2 heterocycles. The second-order valence-electron chi connectivity index (χ2n) is 4.37. The number of hydrogen-bond donors (Lipinski definition) is 2. The van der Waals surface area contributed by atoms with Gasteiger partial charge in [-0.05, 0) is 18.2 Å².